The number of amides is 3. The number of aliphatic hydroxyl groups excluding tert-OH is 11. The van der Waals surface area contributed by atoms with Crippen LogP contribution in [0, 0.1) is 0 Å². The summed E-state index contributed by atoms with van der Waals surface area (Å²) in [7, 11) is 0. The van der Waals surface area contributed by atoms with Crippen LogP contribution in [0.4, 0.5) is 17.1 Å². The lowest BCUT2D eigenvalue weighted by Crippen LogP contribution is -2.68. The van der Waals surface area contributed by atoms with Crippen LogP contribution in [0.5, 0.6) is 5.75 Å². The number of benzene rings is 4. The third-order valence-electron chi connectivity index (χ3n) is 15.2. The van der Waals surface area contributed by atoms with Gasteiger partial charge in [-0.15, -0.1) is 16.7 Å². The maximum Gasteiger partial charge on any atom is 0.364 e. The molecule has 2 fully saturated rings. The summed E-state index contributed by atoms with van der Waals surface area (Å²) in [6.07, 6.45) is -23.8. The number of fused-ring (bicyclic) bond motifs is 4. The molecule has 3 aliphatic heterocycles. The van der Waals surface area contributed by atoms with E-state index in [1.54, 1.807) is 47.4 Å². The standard InChI is InChI=1S/C55H65ClN8O21/c1-24(65)58-43-37(67)15-55(54(80)81,83-23-41-47(74)48(75)49(76)53(79)84-41)85-50(43)46(73)39(69)20-63-19-30(61-62-63)21-82-22-40(70)45(72)44(71)38(68)17-57-28-9-6-25(7-10-28)51(77)59-29-11-8-26-12-34(60-33(26)13-29)52(78)64-18-27(16-56)42-32-5-3-2-4-31(32)36(66)14-35(42)64/h2-14,19,27,37-41,43-50,53,57,60,66-76,79H,15-18,20-23H2,1H3,(H,58,65)(H,59,77)(H,80,81). The third-order valence-corrected chi connectivity index (χ3v) is 15.5. The molecule has 17 N–H and O–H groups in total. The zero-order chi connectivity index (χ0) is 61.2. The van der Waals surface area contributed by atoms with Gasteiger partial charge in [-0.1, -0.05) is 35.5 Å². The number of aromatic amines is 1. The largest absolute Gasteiger partial charge is 0.507 e. The van der Waals surface area contributed by atoms with Crippen LogP contribution in [-0.4, -0.2) is 234 Å². The Morgan fingerprint density at radius 2 is 1.58 bits per heavy atom. The number of carboxylic acids is 1. The minimum Gasteiger partial charge on any atom is -0.507 e. The number of carboxylic acid groups (broad SMARTS) is 1. The zero-order valence-electron chi connectivity index (χ0n) is 45.1. The number of carbonyl (C=O) groups is 4. The normalized spacial score (nSPS) is 26.3. The van der Waals surface area contributed by atoms with E-state index >= 15 is 0 Å². The molecule has 29 nitrogen and oxygen atoms in total. The van der Waals surface area contributed by atoms with Gasteiger partial charge >= 0.3 is 5.97 Å². The number of hydrogen-bond acceptors (Lipinski definition) is 23. The highest BCUT2D eigenvalue weighted by Crippen LogP contribution is 2.46. The molecule has 0 bridgehead atoms. The van der Waals surface area contributed by atoms with Crippen LogP contribution in [0.3, 0.4) is 0 Å². The van der Waals surface area contributed by atoms with Gasteiger partial charge in [0.2, 0.25) is 5.91 Å². The number of alkyl halides is 1. The molecule has 0 radical (unpaired) electrons. The monoisotopic (exact) mass is 1210 g/mol. The van der Waals surface area contributed by atoms with Crippen molar-refractivity contribution in [3.63, 3.8) is 0 Å². The minimum atomic E-state index is -2.83. The summed E-state index contributed by atoms with van der Waals surface area (Å²) in [5, 5.41) is 155. The van der Waals surface area contributed by atoms with Crippen molar-refractivity contribution in [1.29, 1.82) is 0 Å². The molecular formula is C55H65ClN8O21. The molecule has 85 heavy (non-hydrogen) atoms. The number of aromatic hydroxyl groups is 1. The van der Waals surface area contributed by atoms with E-state index in [0.29, 0.717) is 40.2 Å². The summed E-state index contributed by atoms with van der Waals surface area (Å²) in [4.78, 5) is 56.8. The molecule has 458 valence electrons. The molecule has 4 aromatic carbocycles. The molecule has 9 rings (SSSR count). The number of rotatable bonds is 23. The first-order valence-electron chi connectivity index (χ1n) is 26.8. The van der Waals surface area contributed by atoms with Gasteiger partial charge in [-0.25, -0.2) is 9.48 Å². The predicted molar refractivity (Wildman–Crippen MR) is 296 cm³/mol. The van der Waals surface area contributed by atoms with E-state index in [-0.39, 0.29) is 47.9 Å². The van der Waals surface area contributed by atoms with Gasteiger partial charge < -0.3 is 111 Å². The van der Waals surface area contributed by atoms with Gasteiger partial charge in [0.25, 0.3) is 17.6 Å². The molecule has 0 spiro atoms. The van der Waals surface area contributed by atoms with Crippen LogP contribution < -0.4 is 20.9 Å². The summed E-state index contributed by atoms with van der Waals surface area (Å²) < 4.78 is 22.6. The number of nitrogens with zero attached hydrogens (tertiary/aromatic N) is 4. The highest BCUT2D eigenvalue weighted by molar-refractivity contribution is 6.19. The highest BCUT2D eigenvalue weighted by Gasteiger charge is 2.57. The number of hydrogen-bond donors (Lipinski definition) is 17. The first kappa shape index (κ1) is 62.5. The van der Waals surface area contributed by atoms with Crippen molar-refractivity contribution in [2.24, 2.45) is 0 Å². The first-order valence-corrected chi connectivity index (χ1v) is 27.3. The second kappa shape index (κ2) is 26.3. The number of nitrogens with one attached hydrogen (secondary N) is 4. The Morgan fingerprint density at radius 3 is 2.28 bits per heavy atom. The average molecular weight is 1210 g/mol. The van der Waals surface area contributed by atoms with E-state index in [1.165, 1.54) is 18.3 Å². The number of H-pyrrole nitrogens is 1. The Morgan fingerprint density at radius 1 is 0.871 bits per heavy atom. The van der Waals surface area contributed by atoms with E-state index in [2.05, 4.69) is 31.2 Å². The van der Waals surface area contributed by atoms with Gasteiger partial charge in [0.15, 0.2) is 6.29 Å². The molecule has 2 saturated heterocycles. The second-order valence-electron chi connectivity index (χ2n) is 21.1. The number of aromatic nitrogens is 4. The number of phenolic OH excluding ortho intramolecular Hbond substituents is 1. The van der Waals surface area contributed by atoms with Gasteiger partial charge in [-0.05, 0) is 53.4 Å². The van der Waals surface area contributed by atoms with Crippen molar-refractivity contribution in [2.45, 2.75) is 124 Å². The van der Waals surface area contributed by atoms with Crippen LogP contribution in [-0.2, 0) is 41.7 Å². The topological polar surface area (TPSA) is 454 Å². The van der Waals surface area contributed by atoms with Gasteiger partial charge in [0.1, 0.15) is 78.2 Å². The van der Waals surface area contributed by atoms with Gasteiger partial charge in [0, 0.05) is 77.5 Å². The van der Waals surface area contributed by atoms with E-state index in [4.69, 9.17) is 30.5 Å². The molecule has 0 saturated carbocycles. The predicted octanol–water partition coefficient (Wildman–Crippen LogP) is -2.10. The lowest BCUT2D eigenvalue weighted by atomic mass is 9.88. The van der Waals surface area contributed by atoms with E-state index in [9.17, 15) is 85.6 Å². The summed E-state index contributed by atoms with van der Waals surface area (Å²) in [6, 6.07) is 20.5. The molecule has 2 aromatic heterocycles. The van der Waals surface area contributed by atoms with Crippen molar-refractivity contribution < 1.29 is 105 Å². The Bertz CT molecular complexity index is 3360. The Balaban J connectivity index is 0.720. The molecule has 3 amide bonds. The lowest BCUT2D eigenvalue weighted by molar-refractivity contribution is -0.334. The smallest absolute Gasteiger partial charge is 0.364 e. The van der Waals surface area contributed by atoms with Crippen LogP contribution >= 0.6 is 11.6 Å². The molecule has 3 aliphatic rings. The number of carbonyl (C=O) groups excluding carboxylic acids is 3. The molecule has 16 unspecified atom stereocenters. The second-order valence-corrected chi connectivity index (χ2v) is 21.5. The fraction of sp³-hybridized carbons (Fsp3) is 0.455. The molecule has 0 aliphatic carbocycles. The van der Waals surface area contributed by atoms with Crippen LogP contribution in [0.25, 0.3) is 21.7 Å². The summed E-state index contributed by atoms with van der Waals surface area (Å²) in [5.74, 6) is -6.02. The quantitative estimate of drug-likeness (QED) is 0.0306. The van der Waals surface area contributed by atoms with Gasteiger partial charge in [-0.2, -0.15) is 0 Å². The summed E-state index contributed by atoms with van der Waals surface area (Å²) >= 11 is 6.38. The maximum atomic E-state index is 14.0. The van der Waals surface area contributed by atoms with Crippen molar-refractivity contribution in [2.75, 3.05) is 47.7 Å². The van der Waals surface area contributed by atoms with Crippen LogP contribution in [0.1, 0.15) is 51.4 Å². The molecule has 30 heteroatoms. The number of anilines is 3. The fourth-order valence-corrected chi connectivity index (χ4v) is 10.8. The average Bonchev–Trinajstić information content (AvgIpc) is 3.94. The SMILES string of the molecule is CC(=O)NC1C(O)CC(OCC2OC(O)C(O)C(O)C2O)(C(=O)O)OC1C(O)C(O)Cn1cc(COCC(O)C(O)C(O)C(O)CNc2ccc(C(=O)Nc3ccc4cc(C(=O)N5CC(CCl)c6c5cc(O)c5ccccc65)[nH]c4c3)cc2)nn1. The number of halogens is 1. The van der Waals surface area contributed by atoms with Gasteiger partial charge in [-0.3, -0.25) is 14.4 Å². The number of aliphatic carboxylic acids is 1. The van der Waals surface area contributed by atoms with Crippen molar-refractivity contribution in [1.82, 2.24) is 25.3 Å². The highest BCUT2D eigenvalue weighted by atomic mass is 35.5. The zero-order valence-corrected chi connectivity index (χ0v) is 45.9. The van der Waals surface area contributed by atoms with E-state index < -0.39 is 135 Å². The fourth-order valence-electron chi connectivity index (χ4n) is 10.6. The summed E-state index contributed by atoms with van der Waals surface area (Å²) in [6.45, 7) is -1.33. The third kappa shape index (κ3) is 13.5. The Kier molecular flexibility index (Phi) is 19.4. The summed E-state index contributed by atoms with van der Waals surface area (Å²) in [5.41, 5.74) is 3.60. The van der Waals surface area contributed by atoms with Crippen LogP contribution in [0.15, 0.2) is 85.1 Å². The van der Waals surface area contributed by atoms with Crippen molar-refractivity contribution in [3.8, 4) is 5.75 Å². The maximum absolute atomic E-state index is 14.0. The number of ether oxygens (including phenoxy) is 4. The van der Waals surface area contributed by atoms with E-state index in [0.717, 1.165) is 27.9 Å². The minimum absolute atomic E-state index is 0.0530. The van der Waals surface area contributed by atoms with Crippen molar-refractivity contribution >= 4 is 74.0 Å². The van der Waals surface area contributed by atoms with E-state index in [1.807, 2.05) is 24.3 Å². The molecule has 5 heterocycles. The van der Waals surface area contributed by atoms with Crippen LogP contribution in [0.2, 0.25) is 0 Å². The molecule has 16 atom stereocenters. The van der Waals surface area contributed by atoms with Gasteiger partial charge in [0.05, 0.1) is 56.5 Å². The first-order chi connectivity index (χ1) is 40.5. The number of phenols is 1. The molecular weight excluding hydrogens is 1140 g/mol. The van der Waals surface area contributed by atoms with Crippen molar-refractivity contribution in [3.05, 3.63) is 108 Å². The lowest BCUT2D eigenvalue weighted by Gasteiger charge is -2.47. The molecule has 6 aromatic rings. The Labute approximate surface area is 487 Å². The number of aliphatic hydroxyl groups is 11. The Hall–Kier alpha value is -7.01.